The van der Waals surface area contributed by atoms with Crippen LogP contribution >= 0.6 is 0 Å². The van der Waals surface area contributed by atoms with Crippen LogP contribution in [0.4, 0.5) is 0 Å². The second-order valence-electron chi connectivity index (χ2n) is 11.7. The predicted molar refractivity (Wildman–Crippen MR) is 175 cm³/mol. The van der Waals surface area contributed by atoms with Crippen LogP contribution in [0.25, 0.3) is 0 Å². The van der Waals surface area contributed by atoms with E-state index in [1.165, 1.54) is 0 Å². The summed E-state index contributed by atoms with van der Waals surface area (Å²) >= 11 is 0. The lowest BCUT2D eigenvalue weighted by Crippen LogP contribution is -2.46. The van der Waals surface area contributed by atoms with Crippen molar-refractivity contribution in [3.8, 4) is 0 Å². The third kappa shape index (κ3) is 21.2. The second-order valence-corrected chi connectivity index (χ2v) is 11.7. The number of carboxylic acid groups (broad SMARTS) is 6. The van der Waals surface area contributed by atoms with Gasteiger partial charge >= 0.3 is 35.8 Å². The van der Waals surface area contributed by atoms with Crippen LogP contribution < -0.4 is 32.3 Å². The van der Waals surface area contributed by atoms with Gasteiger partial charge in [-0.05, 0) is 38.5 Å². The van der Waals surface area contributed by atoms with Gasteiger partial charge in [0.1, 0.15) is 36.5 Å². The summed E-state index contributed by atoms with van der Waals surface area (Å²) in [7, 11) is 0. The van der Waals surface area contributed by atoms with Gasteiger partial charge in [0, 0.05) is 38.5 Å². The molecular weight excluding hydrogens is 732 g/mol. The maximum atomic E-state index is 12.4. The SMILES string of the molecule is N[C@H](C=O)CCC(=O)N[C@@H](CCC(=O)N[C@@H](CCC(=O)N[C@@H](CCC(=O)N[C@@H](CCC(=O)N[C@@H](CCC(=O)O)C(=O)O)C(=O)O)C(=O)O)C(=O)O)C(=O)O. The molecule has 0 bridgehead atoms. The molecule has 302 valence electrons. The monoisotopic (exact) mass is 776 g/mol. The Kier molecular flexibility index (Phi) is 22.0. The number of hydrogen-bond donors (Lipinski definition) is 12. The van der Waals surface area contributed by atoms with Gasteiger partial charge in [0.05, 0.1) is 6.04 Å². The third-order valence-corrected chi connectivity index (χ3v) is 7.33. The van der Waals surface area contributed by atoms with E-state index in [9.17, 15) is 78.0 Å². The smallest absolute Gasteiger partial charge is 0.326 e. The average molecular weight is 777 g/mol. The van der Waals surface area contributed by atoms with Crippen molar-refractivity contribution in [2.45, 2.75) is 113 Å². The molecule has 0 saturated heterocycles. The van der Waals surface area contributed by atoms with Gasteiger partial charge in [-0.3, -0.25) is 28.8 Å². The third-order valence-electron chi connectivity index (χ3n) is 7.33. The number of aldehydes is 1. The van der Waals surface area contributed by atoms with E-state index in [1.807, 2.05) is 5.32 Å². The normalized spacial score (nSPS) is 13.9. The highest BCUT2D eigenvalue weighted by Gasteiger charge is 2.28. The Morgan fingerprint density at radius 3 is 0.778 bits per heavy atom. The van der Waals surface area contributed by atoms with Crippen LogP contribution in [0.5, 0.6) is 0 Å². The van der Waals surface area contributed by atoms with E-state index in [0.717, 1.165) is 0 Å². The van der Waals surface area contributed by atoms with E-state index in [-0.39, 0.29) is 12.8 Å². The van der Waals surface area contributed by atoms with Gasteiger partial charge in [-0.15, -0.1) is 0 Å². The van der Waals surface area contributed by atoms with Crippen molar-refractivity contribution in [2.24, 2.45) is 5.73 Å². The molecule has 0 heterocycles. The van der Waals surface area contributed by atoms with E-state index >= 15 is 0 Å². The molecule has 0 spiro atoms. The van der Waals surface area contributed by atoms with Crippen LogP contribution in [-0.2, 0) is 57.5 Å². The van der Waals surface area contributed by atoms with Crippen molar-refractivity contribution < 1.29 is 88.2 Å². The number of nitrogens with two attached hydrogens (primary N) is 1. The van der Waals surface area contributed by atoms with Gasteiger partial charge in [0.25, 0.3) is 0 Å². The van der Waals surface area contributed by atoms with E-state index in [0.29, 0.717) is 6.29 Å². The van der Waals surface area contributed by atoms with Crippen molar-refractivity contribution in [1.82, 2.24) is 26.6 Å². The number of nitrogens with one attached hydrogen (secondary N) is 5. The van der Waals surface area contributed by atoms with E-state index in [1.54, 1.807) is 0 Å². The summed E-state index contributed by atoms with van der Waals surface area (Å²) in [6, 6.07) is -9.13. The molecule has 24 nitrogen and oxygen atoms in total. The fraction of sp³-hybridized carbons (Fsp3) is 0.600. The van der Waals surface area contributed by atoms with E-state index in [4.69, 9.17) is 15.9 Å². The minimum Gasteiger partial charge on any atom is -0.481 e. The maximum absolute atomic E-state index is 12.4. The molecule has 0 unspecified atom stereocenters. The Bertz CT molecular complexity index is 1420. The van der Waals surface area contributed by atoms with E-state index in [2.05, 4.69) is 21.3 Å². The zero-order valence-electron chi connectivity index (χ0n) is 28.7. The van der Waals surface area contributed by atoms with Crippen molar-refractivity contribution in [1.29, 1.82) is 0 Å². The van der Waals surface area contributed by atoms with Crippen LogP contribution in [0, 0.1) is 0 Å². The first-order valence-electron chi connectivity index (χ1n) is 16.2. The minimum atomic E-state index is -1.72. The summed E-state index contributed by atoms with van der Waals surface area (Å²) in [5.41, 5.74) is 5.37. The highest BCUT2D eigenvalue weighted by Crippen LogP contribution is 2.07. The molecule has 0 aromatic carbocycles. The molecular formula is C30H44N6O18. The van der Waals surface area contributed by atoms with Crippen molar-refractivity contribution in [3.05, 3.63) is 0 Å². The first-order valence-corrected chi connectivity index (χ1v) is 16.2. The Balaban J connectivity index is 5.01. The van der Waals surface area contributed by atoms with Crippen LogP contribution in [0.2, 0.25) is 0 Å². The highest BCUT2D eigenvalue weighted by molar-refractivity contribution is 5.89. The standard InChI is InChI=1S/C30H44N6O18/c31-14(13-37)1-7-20(38)32-15(26(45)46)2-8-21(39)33-16(27(47)48)3-9-22(40)34-17(28(49)50)4-10-23(41)35-18(29(51)52)5-11-24(42)36-19(30(53)54)6-12-25(43)44/h13-19H,1-12,31H2,(H,32,38)(H,33,39)(H,34,40)(H,35,41)(H,36,42)(H,43,44)(H,45,46)(H,47,48)(H,49,50)(H,51,52)(H,53,54)/t14-,15-,16-,17-,18-,19-/m0/s1. The molecule has 0 aliphatic carbocycles. The van der Waals surface area contributed by atoms with Gasteiger partial charge in [0.2, 0.25) is 29.5 Å². The van der Waals surface area contributed by atoms with Crippen molar-refractivity contribution in [2.75, 3.05) is 0 Å². The number of carbonyl (C=O) groups excluding carboxylic acids is 6. The quantitative estimate of drug-likeness (QED) is 0.0323. The van der Waals surface area contributed by atoms with Crippen LogP contribution in [0.3, 0.4) is 0 Å². The number of rotatable bonds is 29. The molecule has 5 amide bonds. The first-order chi connectivity index (χ1) is 25.2. The Morgan fingerprint density at radius 2 is 0.593 bits per heavy atom. The van der Waals surface area contributed by atoms with Crippen molar-refractivity contribution in [3.63, 3.8) is 0 Å². The fourth-order valence-corrected chi connectivity index (χ4v) is 4.35. The topological polar surface area (TPSA) is 412 Å². The number of carboxylic acids is 6. The largest absolute Gasteiger partial charge is 0.481 e. The number of hydrogen-bond acceptors (Lipinski definition) is 13. The average Bonchev–Trinajstić information content (AvgIpc) is 3.08. The van der Waals surface area contributed by atoms with Gasteiger partial charge < -0.3 is 67.8 Å². The maximum Gasteiger partial charge on any atom is 0.326 e. The van der Waals surface area contributed by atoms with Crippen molar-refractivity contribution >= 4 is 71.6 Å². The van der Waals surface area contributed by atoms with E-state index < -0.39 is 166 Å². The Morgan fingerprint density at radius 1 is 0.389 bits per heavy atom. The molecule has 0 aliphatic rings. The molecule has 0 rings (SSSR count). The second kappa shape index (κ2) is 24.9. The molecule has 6 atom stereocenters. The lowest BCUT2D eigenvalue weighted by atomic mass is 10.1. The molecule has 0 aromatic rings. The van der Waals surface area contributed by atoms with Crippen LogP contribution in [0.15, 0.2) is 0 Å². The molecule has 24 heteroatoms. The van der Waals surface area contributed by atoms with Gasteiger partial charge in [-0.2, -0.15) is 0 Å². The minimum absolute atomic E-state index is 0.0594. The van der Waals surface area contributed by atoms with Gasteiger partial charge in [0.15, 0.2) is 0 Å². The highest BCUT2D eigenvalue weighted by atomic mass is 16.4. The molecule has 0 radical (unpaired) electrons. The lowest BCUT2D eigenvalue weighted by molar-refractivity contribution is -0.144. The first kappa shape index (κ1) is 47.8. The molecule has 0 fully saturated rings. The summed E-state index contributed by atoms with van der Waals surface area (Å²) < 4.78 is 0. The summed E-state index contributed by atoms with van der Waals surface area (Å²) in [5.74, 6) is -13.8. The molecule has 0 aromatic heterocycles. The van der Waals surface area contributed by atoms with Crippen LogP contribution in [0.1, 0.15) is 77.0 Å². The number of aliphatic carboxylic acids is 6. The van der Waals surface area contributed by atoms with Crippen LogP contribution in [-0.4, -0.2) is 139 Å². The molecule has 0 saturated carbocycles. The summed E-state index contributed by atoms with van der Waals surface area (Å²) in [6.07, 6.45) is -5.55. The van der Waals surface area contributed by atoms with Gasteiger partial charge in [-0.25, -0.2) is 24.0 Å². The Labute approximate surface area is 305 Å². The molecule has 13 N–H and O–H groups in total. The predicted octanol–water partition coefficient (Wildman–Crippen LogP) is -3.87. The number of carbonyl (C=O) groups is 12. The Hall–Kier alpha value is -6.20. The zero-order valence-corrected chi connectivity index (χ0v) is 28.7. The summed E-state index contributed by atoms with van der Waals surface area (Å²) in [4.78, 5) is 140. The summed E-state index contributed by atoms with van der Waals surface area (Å²) in [6.45, 7) is 0. The van der Waals surface area contributed by atoms with Gasteiger partial charge in [-0.1, -0.05) is 0 Å². The summed E-state index contributed by atoms with van der Waals surface area (Å²) in [5, 5.41) is 65.9. The lowest BCUT2D eigenvalue weighted by Gasteiger charge is -2.19. The molecule has 0 aliphatic heterocycles. The molecule has 54 heavy (non-hydrogen) atoms. The zero-order chi connectivity index (χ0) is 41.5. The fourth-order valence-electron chi connectivity index (χ4n) is 4.35. The number of amides is 5.